The maximum absolute atomic E-state index is 13.9. The van der Waals surface area contributed by atoms with Gasteiger partial charge in [0.05, 0.1) is 14.9 Å². The molecule has 0 aliphatic carbocycles. The largest absolute Gasteiger partial charge is 0.345 e. The van der Waals surface area contributed by atoms with Crippen LogP contribution in [0.25, 0.3) is 20.4 Å². The number of rotatable bonds is 2. The van der Waals surface area contributed by atoms with E-state index in [9.17, 15) is 8.78 Å². The van der Waals surface area contributed by atoms with E-state index < -0.39 is 11.6 Å². The number of nitrogens with zero attached hydrogens (tertiary/aromatic N) is 4. The SMILES string of the molecule is Cc1ccc2nc(N3CCN(c4nc5c(F)cc(F)cc5s4)CC3)sc2c1. The predicted molar refractivity (Wildman–Crippen MR) is 108 cm³/mol. The molecule has 27 heavy (non-hydrogen) atoms. The van der Waals surface area contributed by atoms with Crippen molar-refractivity contribution >= 4 is 53.4 Å². The summed E-state index contributed by atoms with van der Waals surface area (Å²) in [5.74, 6) is -1.16. The second-order valence-electron chi connectivity index (χ2n) is 6.67. The Bertz CT molecular complexity index is 1150. The normalized spacial score (nSPS) is 15.2. The molecule has 1 aliphatic heterocycles. The molecule has 2 aromatic carbocycles. The Morgan fingerprint density at radius 1 is 0.852 bits per heavy atom. The van der Waals surface area contributed by atoms with Crippen LogP contribution in [-0.4, -0.2) is 36.1 Å². The number of hydrogen-bond donors (Lipinski definition) is 0. The fourth-order valence-corrected chi connectivity index (χ4v) is 5.50. The van der Waals surface area contributed by atoms with Crippen LogP contribution < -0.4 is 9.80 Å². The summed E-state index contributed by atoms with van der Waals surface area (Å²) in [6, 6.07) is 8.55. The van der Waals surface area contributed by atoms with Gasteiger partial charge in [-0.15, -0.1) is 0 Å². The summed E-state index contributed by atoms with van der Waals surface area (Å²) in [5, 5.41) is 1.78. The minimum Gasteiger partial charge on any atom is -0.345 e. The molecular formula is C19H16F2N4S2. The highest BCUT2D eigenvalue weighted by Gasteiger charge is 2.23. The fraction of sp³-hybridized carbons (Fsp3) is 0.263. The first-order valence-corrected chi connectivity index (χ1v) is 10.3. The van der Waals surface area contributed by atoms with E-state index in [1.165, 1.54) is 27.7 Å². The van der Waals surface area contributed by atoms with Crippen molar-refractivity contribution in [1.29, 1.82) is 0 Å². The van der Waals surface area contributed by atoms with Gasteiger partial charge >= 0.3 is 0 Å². The van der Waals surface area contributed by atoms with Crippen LogP contribution in [0.15, 0.2) is 30.3 Å². The first kappa shape index (κ1) is 16.8. The van der Waals surface area contributed by atoms with Crippen molar-refractivity contribution in [2.45, 2.75) is 6.92 Å². The van der Waals surface area contributed by atoms with Gasteiger partial charge < -0.3 is 9.80 Å². The molecular weight excluding hydrogens is 386 g/mol. The lowest BCUT2D eigenvalue weighted by atomic mass is 10.2. The summed E-state index contributed by atoms with van der Waals surface area (Å²) < 4.78 is 29.1. The fourth-order valence-electron chi connectivity index (χ4n) is 3.32. The zero-order chi connectivity index (χ0) is 18.5. The molecule has 0 unspecified atom stereocenters. The smallest absolute Gasteiger partial charge is 0.186 e. The lowest BCUT2D eigenvalue weighted by Crippen LogP contribution is -2.46. The topological polar surface area (TPSA) is 32.3 Å². The molecule has 2 aromatic heterocycles. The van der Waals surface area contributed by atoms with Crippen molar-refractivity contribution in [3.63, 3.8) is 0 Å². The summed E-state index contributed by atoms with van der Waals surface area (Å²) in [6.07, 6.45) is 0. The van der Waals surface area contributed by atoms with Crippen LogP contribution in [0, 0.1) is 18.6 Å². The summed E-state index contributed by atoms with van der Waals surface area (Å²) in [4.78, 5) is 13.6. The van der Waals surface area contributed by atoms with Gasteiger partial charge in [0.25, 0.3) is 0 Å². The van der Waals surface area contributed by atoms with Gasteiger partial charge in [-0.3, -0.25) is 0 Å². The molecule has 0 spiro atoms. The van der Waals surface area contributed by atoms with Gasteiger partial charge in [-0.05, 0) is 30.7 Å². The van der Waals surface area contributed by atoms with Gasteiger partial charge in [0.15, 0.2) is 16.1 Å². The Labute approximate surface area is 162 Å². The van der Waals surface area contributed by atoms with Gasteiger partial charge in [-0.1, -0.05) is 28.7 Å². The molecule has 138 valence electrons. The Morgan fingerprint density at radius 2 is 1.52 bits per heavy atom. The molecule has 1 saturated heterocycles. The Kier molecular flexibility index (Phi) is 3.98. The Hall–Kier alpha value is -2.32. The third-order valence-corrected chi connectivity index (χ3v) is 6.90. The molecule has 0 N–H and O–H groups in total. The van der Waals surface area contributed by atoms with Gasteiger partial charge in [0.1, 0.15) is 11.3 Å². The summed E-state index contributed by atoms with van der Waals surface area (Å²) >= 11 is 3.05. The second-order valence-corrected chi connectivity index (χ2v) is 8.69. The van der Waals surface area contributed by atoms with Crippen molar-refractivity contribution < 1.29 is 8.78 Å². The maximum Gasteiger partial charge on any atom is 0.186 e. The second kappa shape index (κ2) is 6.38. The molecule has 0 bridgehead atoms. The van der Waals surface area contributed by atoms with E-state index in [1.807, 2.05) is 0 Å². The molecule has 0 saturated carbocycles. The molecule has 8 heteroatoms. The standard InChI is InChI=1S/C19H16F2N4S2/c1-11-2-3-14-15(8-11)26-18(22-14)24-4-6-25(7-5-24)19-23-17-13(21)9-12(20)10-16(17)27-19/h2-3,8-10H,4-7H2,1H3. The maximum atomic E-state index is 13.9. The minimum atomic E-state index is -0.601. The predicted octanol–water partition coefficient (Wildman–Crippen LogP) is 4.82. The van der Waals surface area contributed by atoms with Crippen molar-refractivity contribution in [3.05, 3.63) is 47.5 Å². The van der Waals surface area contributed by atoms with Crippen LogP contribution in [-0.2, 0) is 0 Å². The van der Waals surface area contributed by atoms with Crippen molar-refractivity contribution in [1.82, 2.24) is 9.97 Å². The van der Waals surface area contributed by atoms with Crippen LogP contribution in [0.5, 0.6) is 0 Å². The van der Waals surface area contributed by atoms with Crippen LogP contribution >= 0.6 is 22.7 Å². The summed E-state index contributed by atoms with van der Waals surface area (Å²) in [6.45, 7) is 5.29. The Morgan fingerprint density at radius 3 is 2.26 bits per heavy atom. The lowest BCUT2D eigenvalue weighted by molar-refractivity contribution is 0.591. The molecule has 1 aliphatic rings. The van der Waals surface area contributed by atoms with E-state index in [4.69, 9.17) is 4.98 Å². The zero-order valence-electron chi connectivity index (χ0n) is 14.6. The van der Waals surface area contributed by atoms with Crippen molar-refractivity contribution in [2.75, 3.05) is 36.0 Å². The molecule has 0 amide bonds. The van der Waals surface area contributed by atoms with Crippen molar-refractivity contribution in [2.24, 2.45) is 0 Å². The van der Waals surface area contributed by atoms with E-state index in [0.717, 1.165) is 48.0 Å². The van der Waals surface area contributed by atoms with Crippen molar-refractivity contribution in [3.8, 4) is 0 Å². The summed E-state index contributed by atoms with van der Waals surface area (Å²) in [5.41, 5.74) is 2.52. The molecule has 4 aromatic rings. The van der Waals surface area contributed by atoms with Crippen LogP contribution in [0.3, 0.4) is 0 Å². The number of thiazole rings is 2. The third kappa shape index (κ3) is 3.02. The van der Waals surface area contributed by atoms with E-state index in [0.29, 0.717) is 4.70 Å². The molecule has 5 rings (SSSR count). The number of piperazine rings is 1. The quantitative estimate of drug-likeness (QED) is 0.481. The Balaban J connectivity index is 1.35. The highest BCUT2D eigenvalue weighted by molar-refractivity contribution is 7.22. The molecule has 4 nitrogen and oxygen atoms in total. The number of aromatic nitrogens is 2. The first-order valence-electron chi connectivity index (χ1n) is 8.69. The molecule has 0 atom stereocenters. The monoisotopic (exact) mass is 402 g/mol. The third-order valence-electron chi connectivity index (χ3n) is 4.76. The van der Waals surface area contributed by atoms with Gasteiger partial charge in [0.2, 0.25) is 0 Å². The van der Waals surface area contributed by atoms with E-state index in [-0.39, 0.29) is 5.52 Å². The average molecular weight is 402 g/mol. The highest BCUT2D eigenvalue weighted by atomic mass is 32.1. The first-order chi connectivity index (χ1) is 13.1. The summed E-state index contributed by atoms with van der Waals surface area (Å²) in [7, 11) is 0. The number of halogens is 2. The van der Waals surface area contributed by atoms with Crippen LogP contribution in [0.4, 0.5) is 19.0 Å². The van der Waals surface area contributed by atoms with E-state index >= 15 is 0 Å². The van der Waals surface area contributed by atoms with Gasteiger partial charge in [-0.2, -0.15) is 0 Å². The van der Waals surface area contributed by atoms with E-state index in [1.54, 1.807) is 11.3 Å². The number of anilines is 2. The molecule has 3 heterocycles. The minimum absolute atomic E-state index is 0.250. The van der Waals surface area contributed by atoms with E-state index in [2.05, 4.69) is 39.9 Å². The highest BCUT2D eigenvalue weighted by Crippen LogP contribution is 2.33. The lowest BCUT2D eigenvalue weighted by Gasteiger charge is -2.34. The number of benzene rings is 2. The number of aryl methyl sites for hydroxylation is 1. The number of hydrogen-bond acceptors (Lipinski definition) is 6. The number of fused-ring (bicyclic) bond motifs is 2. The zero-order valence-corrected chi connectivity index (χ0v) is 16.2. The average Bonchev–Trinajstić information content (AvgIpc) is 3.25. The molecule has 0 radical (unpaired) electrons. The van der Waals surface area contributed by atoms with Gasteiger partial charge in [0, 0.05) is 32.2 Å². The van der Waals surface area contributed by atoms with Gasteiger partial charge in [-0.25, -0.2) is 18.7 Å². The van der Waals surface area contributed by atoms with Crippen LogP contribution in [0.1, 0.15) is 5.56 Å². The molecule has 1 fully saturated rings. The van der Waals surface area contributed by atoms with Crippen LogP contribution in [0.2, 0.25) is 0 Å².